The van der Waals surface area contributed by atoms with E-state index in [1.165, 1.54) is 6.21 Å². The largest absolute Gasteiger partial charge is 0.411 e. The molecule has 0 heterocycles. The molecular formula is C10H14N2O. The minimum atomic E-state index is 0.938. The molecule has 1 rings (SSSR count). The van der Waals surface area contributed by atoms with E-state index in [4.69, 9.17) is 5.21 Å². The SMILES string of the molecule is Cc1cc(N(C)C)ccc1/C=N/O. The van der Waals surface area contributed by atoms with Crippen LogP contribution in [0.15, 0.2) is 23.4 Å². The van der Waals surface area contributed by atoms with Crippen LogP contribution < -0.4 is 4.90 Å². The highest BCUT2D eigenvalue weighted by atomic mass is 16.4. The third-order valence-electron chi connectivity index (χ3n) is 1.97. The molecule has 0 bridgehead atoms. The molecule has 0 aliphatic heterocycles. The minimum absolute atomic E-state index is 0.938. The molecule has 13 heavy (non-hydrogen) atoms. The first kappa shape index (κ1) is 9.58. The van der Waals surface area contributed by atoms with E-state index in [9.17, 15) is 0 Å². The molecule has 0 unspecified atom stereocenters. The van der Waals surface area contributed by atoms with Crippen LogP contribution in [-0.2, 0) is 0 Å². The van der Waals surface area contributed by atoms with E-state index in [0.717, 1.165) is 16.8 Å². The zero-order valence-electron chi connectivity index (χ0n) is 8.15. The average molecular weight is 178 g/mol. The van der Waals surface area contributed by atoms with Gasteiger partial charge in [-0.25, -0.2) is 0 Å². The molecule has 0 saturated heterocycles. The molecule has 0 radical (unpaired) electrons. The Morgan fingerprint density at radius 3 is 2.54 bits per heavy atom. The Bertz CT molecular complexity index is 319. The Hall–Kier alpha value is -1.51. The fourth-order valence-electron chi connectivity index (χ4n) is 1.15. The lowest BCUT2D eigenvalue weighted by molar-refractivity contribution is 0.322. The van der Waals surface area contributed by atoms with Crippen LogP contribution in [0.4, 0.5) is 5.69 Å². The Kier molecular flexibility index (Phi) is 2.90. The van der Waals surface area contributed by atoms with Gasteiger partial charge in [0, 0.05) is 19.8 Å². The molecular weight excluding hydrogens is 164 g/mol. The Morgan fingerprint density at radius 2 is 2.08 bits per heavy atom. The molecule has 1 aromatic rings. The molecule has 1 N–H and O–H groups in total. The maximum Gasteiger partial charge on any atom is 0.0736 e. The molecule has 0 atom stereocenters. The highest BCUT2D eigenvalue weighted by molar-refractivity contribution is 5.82. The van der Waals surface area contributed by atoms with Crippen molar-refractivity contribution in [3.8, 4) is 0 Å². The van der Waals surface area contributed by atoms with Crippen LogP contribution in [0, 0.1) is 6.92 Å². The van der Waals surface area contributed by atoms with Crippen LogP contribution in [0.3, 0.4) is 0 Å². The maximum atomic E-state index is 8.38. The van der Waals surface area contributed by atoms with Gasteiger partial charge in [-0.3, -0.25) is 0 Å². The molecule has 3 nitrogen and oxygen atoms in total. The first-order chi connectivity index (χ1) is 6.15. The van der Waals surface area contributed by atoms with E-state index in [1.54, 1.807) is 0 Å². The van der Waals surface area contributed by atoms with Crippen molar-refractivity contribution in [3.05, 3.63) is 29.3 Å². The number of hydrogen-bond acceptors (Lipinski definition) is 3. The predicted octanol–water partition coefficient (Wildman–Crippen LogP) is 1.87. The lowest BCUT2D eigenvalue weighted by Gasteiger charge is -2.13. The first-order valence-electron chi connectivity index (χ1n) is 4.10. The van der Waals surface area contributed by atoms with Crippen LogP contribution in [0.2, 0.25) is 0 Å². The Balaban J connectivity index is 3.05. The highest BCUT2D eigenvalue weighted by Gasteiger charge is 1.98. The first-order valence-corrected chi connectivity index (χ1v) is 4.10. The quantitative estimate of drug-likeness (QED) is 0.426. The fourth-order valence-corrected chi connectivity index (χ4v) is 1.15. The minimum Gasteiger partial charge on any atom is -0.411 e. The number of aryl methyl sites for hydroxylation is 1. The second-order valence-corrected chi connectivity index (χ2v) is 3.18. The lowest BCUT2D eigenvalue weighted by atomic mass is 10.1. The monoisotopic (exact) mass is 178 g/mol. The van der Waals surface area contributed by atoms with Crippen LogP contribution in [0.25, 0.3) is 0 Å². The van der Waals surface area contributed by atoms with Crippen molar-refractivity contribution in [1.82, 2.24) is 0 Å². The van der Waals surface area contributed by atoms with E-state index in [2.05, 4.69) is 11.2 Å². The smallest absolute Gasteiger partial charge is 0.0736 e. The Morgan fingerprint density at radius 1 is 1.38 bits per heavy atom. The Labute approximate surface area is 78.3 Å². The summed E-state index contributed by atoms with van der Waals surface area (Å²) in [5, 5.41) is 11.4. The molecule has 0 spiro atoms. The predicted molar refractivity (Wildman–Crippen MR) is 54.9 cm³/mol. The average Bonchev–Trinajstić information content (AvgIpc) is 2.08. The van der Waals surface area contributed by atoms with Gasteiger partial charge in [0.25, 0.3) is 0 Å². The summed E-state index contributed by atoms with van der Waals surface area (Å²) in [5.41, 5.74) is 3.18. The van der Waals surface area contributed by atoms with Gasteiger partial charge in [0.1, 0.15) is 0 Å². The second-order valence-electron chi connectivity index (χ2n) is 3.18. The normalized spacial score (nSPS) is 10.7. The zero-order chi connectivity index (χ0) is 9.84. The van der Waals surface area contributed by atoms with Gasteiger partial charge in [-0.15, -0.1) is 0 Å². The highest BCUT2D eigenvalue weighted by Crippen LogP contribution is 2.15. The number of oxime groups is 1. The van der Waals surface area contributed by atoms with Crippen molar-refractivity contribution in [2.45, 2.75) is 6.92 Å². The third kappa shape index (κ3) is 2.21. The lowest BCUT2D eigenvalue weighted by Crippen LogP contribution is -2.08. The van der Waals surface area contributed by atoms with Gasteiger partial charge in [0.2, 0.25) is 0 Å². The van der Waals surface area contributed by atoms with Crippen LogP contribution in [-0.4, -0.2) is 25.5 Å². The van der Waals surface area contributed by atoms with Gasteiger partial charge in [-0.2, -0.15) is 0 Å². The summed E-state index contributed by atoms with van der Waals surface area (Å²) >= 11 is 0. The third-order valence-corrected chi connectivity index (χ3v) is 1.97. The maximum absolute atomic E-state index is 8.38. The summed E-state index contributed by atoms with van der Waals surface area (Å²) in [5.74, 6) is 0. The molecule has 0 saturated carbocycles. The summed E-state index contributed by atoms with van der Waals surface area (Å²) < 4.78 is 0. The molecule has 0 aromatic heterocycles. The number of anilines is 1. The van der Waals surface area contributed by atoms with E-state index < -0.39 is 0 Å². The molecule has 0 fully saturated rings. The molecule has 0 aliphatic rings. The van der Waals surface area contributed by atoms with Crippen LogP contribution >= 0.6 is 0 Å². The van der Waals surface area contributed by atoms with Gasteiger partial charge < -0.3 is 10.1 Å². The standard InChI is InChI=1S/C10H14N2O/c1-8-6-10(12(2)3)5-4-9(8)7-11-13/h4-7,13H,1-3H3/b11-7+. The van der Waals surface area contributed by atoms with Gasteiger partial charge in [0.05, 0.1) is 6.21 Å². The summed E-state index contributed by atoms with van der Waals surface area (Å²) in [7, 11) is 3.99. The van der Waals surface area contributed by atoms with E-state index in [0.29, 0.717) is 0 Å². The van der Waals surface area contributed by atoms with Crippen molar-refractivity contribution < 1.29 is 5.21 Å². The number of nitrogens with zero attached hydrogens (tertiary/aromatic N) is 2. The molecule has 0 amide bonds. The topological polar surface area (TPSA) is 35.8 Å². The van der Waals surface area contributed by atoms with Gasteiger partial charge in [0.15, 0.2) is 0 Å². The van der Waals surface area contributed by atoms with E-state index in [-0.39, 0.29) is 0 Å². The van der Waals surface area contributed by atoms with Crippen LogP contribution in [0.5, 0.6) is 0 Å². The summed E-state index contributed by atoms with van der Waals surface area (Å²) in [6.45, 7) is 1.99. The molecule has 3 heteroatoms. The summed E-state index contributed by atoms with van der Waals surface area (Å²) in [4.78, 5) is 2.03. The number of hydrogen-bond donors (Lipinski definition) is 1. The van der Waals surface area contributed by atoms with Crippen molar-refractivity contribution >= 4 is 11.9 Å². The zero-order valence-corrected chi connectivity index (χ0v) is 8.15. The molecule has 70 valence electrons. The summed E-state index contributed by atoms with van der Waals surface area (Å²) in [6.07, 6.45) is 1.44. The van der Waals surface area contributed by atoms with Crippen molar-refractivity contribution in [3.63, 3.8) is 0 Å². The van der Waals surface area contributed by atoms with Gasteiger partial charge in [-0.05, 0) is 30.2 Å². The fraction of sp³-hybridized carbons (Fsp3) is 0.300. The second kappa shape index (κ2) is 3.94. The van der Waals surface area contributed by atoms with Crippen molar-refractivity contribution in [2.75, 3.05) is 19.0 Å². The number of benzene rings is 1. The van der Waals surface area contributed by atoms with Gasteiger partial charge >= 0.3 is 0 Å². The van der Waals surface area contributed by atoms with Crippen molar-refractivity contribution in [2.24, 2.45) is 5.16 Å². The van der Waals surface area contributed by atoms with Crippen LogP contribution in [0.1, 0.15) is 11.1 Å². The van der Waals surface area contributed by atoms with E-state index >= 15 is 0 Å². The van der Waals surface area contributed by atoms with E-state index in [1.807, 2.05) is 38.1 Å². The summed E-state index contributed by atoms with van der Waals surface area (Å²) in [6, 6.07) is 5.98. The van der Waals surface area contributed by atoms with Gasteiger partial charge in [-0.1, -0.05) is 11.2 Å². The molecule has 0 aliphatic carbocycles. The molecule has 1 aromatic carbocycles. The number of rotatable bonds is 2. The van der Waals surface area contributed by atoms with Crippen molar-refractivity contribution in [1.29, 1.82) is 0 Å².